The minimum atomic E-state index is -2.00. The lowest BCUT2D eigenvalue weighted by atomic mass is 10.1. The second kappa shape index (κ2) is 9.94. The molecule has 1 amide bonds. The smallest absolute Gasteiger partial charge is 0.203 e. The Morgan fingerprint density at radius 3 is 2.59 bits per heavy atom. The first kappa shape index (κ1) is 25.4. The molecule has 0 N–H and O–H groups in total. The molecule has 3 aromatic rings. The van der Waals surface area contributed by atoms with Crippen LogP contribution in [0.2, 0.25) is 18.1 Å². The lowest BCUT2D eigenvalue weighted by Gasteiger charge is -2.37. The standard InChI is InChI=1S/C24H33N5O4Si/c1-24(2,3)34(5,6)33-13-12-28(23(31)32)19-9-7-8-18(14-19)15-21-22(30)10-11-29(26-21)20-16-25-27(4)17-20/h7-11,14,16-17H,12-13,15H2,1-6H3,(H,31,32)/p-1. The molecule has 34 heavy (non-hydrogen) atoms. The molecule has 0 saturated heterocycles. The van der Waals surface area contributed by atoms with Crippen LogP contribution < -0.4 is 15.4 Å². The van der Waals surface area contributed by atoms with Crippen LogP contribution in [0.15, 0.2) is 53.7 Å². The summed E-state index contributed by atoms with van der Waals surface area (Å²) in [6.07, 6.45) is 4.01. The van der Waals surface area contributed by atoms with Gasteiger partial charge in [-0.25, -0.2) is 4.68 Å². The fraction of sp³-hybridized carbons (Fsp3) is 0.417. The van der Waals surface area contributed by atoms with Crippen molar-refractivity contribution in [1.29, 1.82) is 0 Å². The van der Waals surface area contributed by atoms with Gasteiger partial charge < -0.3 is 19.2 Å². The van der Waals surface area contributed by atoms with Gasteiger partial charge in [-0.1, -0.05) is 32.9 Å². The van der Waals surface area contributed by atoms with E-state index >= 15 is 0 Å². The summed E-state index contributed by atoms with van der Waals surface area (Å²) in [4.78, 5) is 25.5. The predicted molar refractivity (Wildman–Crippen MR) is 132 cm³/mol. The summed E-state index contributed by atoms with van der Waals surface area (Å²) in [6.45, 7) is 11.1. The van der Waals surface area contributed by atoms with Crippen LogP contribution in [0.3, 0.4) is 0 Å². The zero-order chi connectivity index (χ0) is 25.1. The third kappa shape index (κ3) is 6.00. The van der Waals surface area contributed by atoms with Gasteiger partial charge in [-0.2, -0.15) is 10.2 Å². The van der Waals surface area contributed by atoms with Crippen LogP contribution in [0, 0.1) is 0 Å². The average molecular weight is 483 g/mol. The quantitative estimate of drug-likeness (QED) is 0.457. The Bertz CT molecular complexity index is 1210. The van der Waals surface area contributed by atoms with E-state index in [2.05, 4.69) is 44.1 Å². The van der Waals surface area contributed by atoms with Crippen molar-refractivity contribution in [2.45, 2.75) is 45.3 Å². The first-order valence-corrected chi connectivity index (χ1v) is 14.1. The van der Waals surface area contributed by atoms with Gasteiger partial charge in [-0.05, 0) is 35.8 Å². The molecule has 0 aliphatic heterocycles. The summed E-state index contributed by atoms with van der Waals surface area (Å²) < 4.78 is 9.39. The fourth-order valence-electron chi connectivity index (χ4n) is 3.20. The molecule has 0 fully saturated rings. The van der Waals surface area contributed by atoms with Gasteiger partial charge in [-0.15, -0.1) is 0 Å². The van der Waals surface area contributed by atoms with Crippen molar-refractivity contribution in [3.8, 4) is 5.69 Å². The van der Waals surface area contributed by atoms with E-state index in [1.807, 2.05) is 6.07 Å². The van der Waals surface area contributed by atoms with E-state index < -0.39 is 14.4 Å². The van der Waals surface area contributed by atoms with E-state index in [-0.39, 0.29) is 30.0 Å². The van der Waals surface area contributed by atoms with Crippen LogP contribution >= 0.6 is 0 Å². The second-order valence-corrected chi connectivity index (χ2v) is 14.6. The molecule has 0 aliphatic rings. The highest BCUT2D eigenvalue weighted by atomic mass is 28.4. The highest BCUT2D eigenvalue weighted by Gasteiger charge is 2.37. The number of nitrogens with zero attached hydrogens (tertiary/aromatic N) is 5. The van der Waals surface area contributed by atoms with E-state index in [9.17, 15) is 14.7 Å². The molecular weight excluding hydrogens is 450 g/mol. The lowest BCUT2D eigenvalue weighted by Crippen LogP contribution is -2.46. The molecule has 0 saturated carbocycles. The number of carboxylic acid groups (broad SMARTS) is 1. The Morgan fingerprint density at radius 1 is 1.24 bits per heavy atom. The van der Waals surface area contributed by atoms with Crippen LogP contribution in [-0.4, -0.2) is 47.1 Å². The maximum atomic E-state index is 12.4. The summed E-state index contributed by atoms with van der Waals surface area (Å²) in [6, 6.07) is 8.51. The summed E-state index contributed by atoms with van der Waals surface area (Å²) in [5.74, 6) is 0. The third-order valence-corrected chi connectivity index (χ3v) is 10.8. The summed E-state index contributed by atoms with van der Waals surface area (Å²) in [7, 11) is -0.194. The minimum absolute atomic E-state index is 0.0324. The van der Waals surface area contributed by atoms with Crippen LogP contribution in [-0.2, 0) is 17.9 Å². The van der Waals surface area contributed by atoms with Gasteiger partial charge in [0.15, 0.2) is 8.32 Å². The molecule has 3 rings (SSSR count). The van der Waals surface area contributed by atoms with Crippen molar-refractivity contribution in [1.82, 2.24) is 19.6 Å². The summed E-state index contributed by atoms with van der Waals surface area (Å²) in [5.41, 5.74) is 2.14. The van der Waals surface area contributed by atoms with Gasteiger partial charge in [-0.3, -0.25) is 9.48 Å². The fourth-order valence-corrected chi connectivity index (χ4v) is 4.24. The van der Waals surface area contributed by atoms with E-state index in [0.717, 1.165) is 11.3 Å². The number of anilines is 1. The van der Waals surface area contributed by atoms with E-state index in [0.29, 0.717) is 11.4 Å². The number of carbonyl (C=O) groups excluding carboxylic acids is 1. The highest BCUT2D eigenvalue weighted by molar-refractivity contribution is 6.74. The van der Waals surface area contributed by atoms with Crippen LogP contribution in [0.1, 0.15) is 32.0 Å². The Balaban J connectivity index is 1.78. The Hall–Kier alpha value is -3.24. The van der Waals surface area contributed by atoms with Gasteiger partial charge in [0.2, 0.25) is 5.43 Å². The van der Waals surface area contributed by atoms with Gasteiger partial charge in [0, 0.05) is 38.0 Å². The molecule has 0 unspecified atom stereocenters. The van der Waals surface area contributed by atoms with Crippen molar-refractivity contribution in [2.24, 2.45) is 7.05 Å². The zero-order valence-corrected chi connectivity index (χ0v) is 21.6. The molecule has 2 heterocycles. The van der Waals surface area contributed by atoms with Crippen molar-refractivity contribution in [3.63, 3.8) is 0 Å². The molecule has 0 bridgehead atoms. The molecule has 9 nitrogen and oxygen atoms in total. The molecule has 1 aromatic carbocycles. The average Bonchev–Trinajstić information content (AvgIpc) is 3.18. The number of carbonyl (C=O) groups is 1. The maximum absolute atomic E-state index is 12.4. The first-order chi connectivity index (χ1) is 15.9. The molecule has 0 radical (unpaired) electrons. The SMILES string of the molecule is Cn1cc(-n2ccc(=O)c(Cc3cccc(N(CCO[Si](C)(C)C(C)(C)C)C(=O)[O-])c3)n2)cn1. The number of hydrogen-bond donors (Lipinski definition) is 0. The largest absolute Gasteiger partial charge is 0.530 e. The summed E-state index contributed by atoms with van der Waals surface area (Å²) in [5, 5.41) is 20.5. The number of benzene rings is 1. The number of rotatable bonds is 8. The van der Waals surface area contributed by atoms with Crippen LogP contribution in [0.4, 0.5) is 10.5 Å². The van der Waals surface area contributed by atoms with Crippen molar-refractivity contribution >= 4 is 20.1 Å². The Kier molecular flexibility index (Phi) is 7.42. The molecule has 2 aromatic heterocycles. The van der Waals surface area contributed by atoms with Crippen molar-refractivity contribution in [2.75, 3.05) is 18.1 Å². The summed E-state index contributed by atoms with van der Waals surface area (Å²) >= 11 is 0. The second-order valence-electron chi connectivity index (χ2n) is 9.82. The minimum Gasteiger partial charge on any atom is -0.530 e. The molecule has 182 valence electrons. The normalized spacial score (nSPS) is 12.1. The van der Waals surface area contributed by atoms with Crippen LogP contribution in [0.5, 0.6) is 0 Å². The number of hydrogen-bond acceptors (Lipinski definition) is 6. The topological polar surface area (TPSA) is 105 Å². The van der Waals surface area contributed by atoms with Gasteiger partial charge in [0.25, 0.3) is 0 Å². The zero-order valence-electron chi connectivity index (χ0n) is 20.6. The van der Waals surface area contributed by atoms with E-state index in [1.165, 1.54) is 11.0 Å². The molecule has 0 spiro atoms. The van der Waals surface area contributed by atoms with E-state index in [1.54, 1.807) is 53.2 Å². The monoisotopic (exact) mass is 482 g/mol. The Morgan fingerprint density at radius 2 is 1.97 bits per heavy atom. The van der Waals surface area contributed by atoms with E-state index in [4.69, 9.17) is 4.43 Å². The third-order valence-electron chi connectivity index (χ3n) is 6.23. The van der Waals surface area contributed by atoms with Crippen molar-refractivity contribution < 1.29 is 14.3 Å². The highest BCUT2D eigenvalue weighted by Crippen LogP contribution is 2.36. The number of amides is 1. The molecule has 10 heteroatoms. The van der Waals surface area contributed by atoms with Gasteiger partial charge >= 0.3 is 0 Å². The van der Waals surface area contributed by atoms with Crippen molar-refractivity contribution in [3.05, 3.63) is 70.4 Å². The van der Waals surface area contributed by atoms with Gasteiger partial charge in [0.1, 0.15) is 17.5 Å². The lowest BCUT2D eigenvalue weighted by molar-refractivity contribution is -0.246. The maximum Gasteiger partial charge on any atom is 0.203 e. The number of aryl methyl sites for hydroxylation is 1. The van der Waals surface area contributed by atoms with Crippen LogP contribution in [0.25, 0.3) is 5.69 Å². The molecular formula is C24H32N5O4Si-. The van der Waals surface area contributed by atoms with Gasteiger partial charge in [0.05, 0.1) is 19.0 Å². The molecule has 0 atom stereocenters. The Labute approximate surface area is 200 Å². The number of aromatic nitrogens is 4. The molecule has 0 aliphatic carbocycles. The first-order valence-electron chi connectivity index (χ1n) is 11.2. The predicted octanol–water partition coefficient (Wildman–Crippen LogP) is 2.73.